The molecule has 3 rings (SSSR count). The fraction of sp³-hybridized carbons (Fsp3) is 0.444. The van der Waals surface area contributed by atoms with Gasteiger partial charge in [0.05, 0.1) is 33.5 Å². The van der Waals surface area contributed by atoms with Crippen molar-refractivity contribution in [3.8, 4) is 11.5 Å². The molecular formula is C18H23N3O5. The van der Waals surface area contributed by atoms with Gasteiger partial charge >= 0.3 is 0 Å². The molecule has 1 amide bonds. The summed E-state index contributed by atoms with van der Waals surface area (Å²) in [6.45, 7) is 0.551. The van der Waals surface area contributed by atoms with Crippen LogP contribution in [0.15, 0.2) is 30.6 Å². The number of imidazole rings is 1. The van der Waals surface area contributed by atoms with Gasteiger partial charge in [-0.25, -0.2) is 4.98 Å². The summed E-state index contributed by atoms with van der Waals surface area (Å²) in [5, 5.41) is 9.79. The quantitative estimate of drug-likeness (QED) is 0.856. The second-order valence-electron chi connectivity index (χ2n) is 6.01. The average molecular weight is 361 g/mol. The van der Waals surface area contributed by atoms with Gasteiger partial charge in [-0.3, -0.25) is 4.79 Å². The molecule has 26 heavy (non-hydrogen) atoms. The molecule has 2 heterocycles. The van der Waals surface area contributed by atoms with Gasteiger partial charge in [-0.15, -0.1) is 0 Å². The molecule has 0 bridgehead atoms. The van der Waals surface area contributed by atoms with E-state index in [0.29, 0.717) is 30.5 Å². The van der Waals surface area contributed by atoms with Crippen LogP contribution >= 0.6 is 0 Å². The number of benzene rings is 1. The number of carbonyl (C=O) groups excluding carboxylic acids is 1. The third kappa shape index (κ3) is 3.25. The second kappa shape index (κ2) is 7.76. The van der Waals surface area contributed by atoms with E-state index < -0.39 is 12.1 Å². The smallest absolute Gasteiger partial charge is 0.290 e. The van der Waals surface area contributed by atoms with Crippen LogP contribution in [0.2, 0.25) is 0 Å². The van der Waals surface area contributed by atoms with Crippen molar-refractivity contribution in [3.05, 3.63) is 42.0 Å². The second-order valence-corrected chi connectivity index (χ2v) is 6.01. The summed E-state index contributed by atoms with van der Waals surface area (Å²) in [4.78, 5) is 18.9. The topological polar surface area (TPSA) is 86.0 Å². The van der Waals surface area contributed by atoms with Crippen LogP contribution in [0.5, 0.6) is 11.5 Å². The lowest BCUT2D eigenvalue weighted by molar-refractivity contribution is -0.0815. The number of hydrogen-bond acceptors (Lipinski definition) is 6. The zero-order chi connectivity index (χ0) is 18.7. The summed E-state index contributed by atoms with van der Waals surface area (Å²) in [5.41, 5.74) is 0.795. The van der Waals surface area contributed by atoms with E-state index in [-0.39, 0.29) is 12.5 Å². The minimum atomic E-state index is -0.536. The van der Waals surface area contributed by atoms with E-state index in [2.05, 4.69) is 4.98 Å². The molecule has 0 unspecified atom stereocenters. The third-order valence-electron chi connectivity index (χ3n) is 4.55. The van der Waals surface area contributed by atoms with Crippen LogP contribution in [0.25, 0.3) is 0 Å². The number of nitrogens with zero attached hydrogens (tertiary/aromatic N) is 3. The van der Waals surface area contributed by atoms with Gasteiger partial charge in [0.15, 0.2) is 17.3 Å². The number of morpholine rings is 1. The molecule has 140 valence electrons. The van der Waals surface area contributed by atoms with Crippen molar-refractivity contribution in [3.63, 3.8) is 0 Å². The summed E-state index contributed by atoms with van der Waals surface area (Å²) in [7, 11) is 4.89. The molecule has 2 aromatic rings. The Morgan fingerprint density at radius 1 is 1.35 bits per heavy atom. The summed E-state index contributed by atoms with van der Waals surface area (Å²) >= 11 is 0. The Labute approximate surface area is 151 Å². The van der Waals surface area contributed by atoms with E-state index in [9.17, 15) is 9.90 Å². The summed E-state index contributed by atoms with van der Waals surface area (Å²) in [5.74, 6) is 1.28. The number of ether oxygens (including phenoxy) is 3. The van der Waals surface area contributed by atoms with Crippen molar-refractivity contribution in [2.75, 3.05) is 34.0 Å². The number of rotatable bonds is 5. The van der Waals surface area contributed by atoms with Crippen molar-refractivity contribution in [1.82, 2.24) is 14.5 Å². The standard InChI is InChI=1S/C18H23N3O5/c1-20-7-6-19-17(20)18(23)21-8-9-26-15(11-22)16(21)12-4-5-13(24-2)14(10-12)25-3/h4-7,10,15-16,22H,8-9,11H2,1-3H3/t15-,16-/m0/s1. The molecule has 1 aliphatic rings. The molecule has 1 aromatic heterocycles. The lowest BCUT2D eigenvalue weighted by Gasteiger charge is -2.40. The number of carbonyl (C=O) groups is 1. The number of aromatic nitrogens is 2. The van der Waals surface area contributed by atoms with E-state index in [0.717, 1.165) is 5.56 Å². The summed E-state index contributed by atoms with van der Waals surface area (Å²) in [6, 6.07) is 4.97. The number of aliphatic hydroxyl groups is 1. The van der Waals surface area contributed by atoms with Crippen molar-refractivity contribution < 1.29 is 24.1 Å². The van der Waals surface area contributed by atoms with Crippen LogP contribution in [0.3, 0.4) is 0 Å². The Kier molecular flexibility index (Phi) is 5.43. The van der Waals surface area contributed by atoms with Gasteiger partial charge in [0, 0.05) is 26.0 Å². The minimum absolute atomic E-state index is 0.205. The number of methoxy groups -OCH3 is 2. The van der Waals surface area contributed by atoms with Gasteiger partial charge < -0.3 is 28.8 Å². The molecular weight excluding hydrogens is 338 g/mol. The van der Waals surface area contributed by atoms with Gasteiger partial charge in [0.2, 0.25) is 0 Å². The maximum Gasteiger partial charge on any atom is 0.290 e. The zero-order valence-corrected chi connectivity index (χ0v) is 15.1. The van der Waals surface area contributed by atoms with Crippen LogP contribution in [0.1, 0.15) is 22.2 Å². The first-order valence-corrected chi connectivity index (χ1v) is 8.33. The molecule has 0 saturated carbocycles. The molecule has 0 spiro atoms. The lowest BCUT2D eigenvalue weighted by Crippen LogP contribution is -2.50. The molecule has 1 aliphatic heterocycles. The van der Waals surface area contributed by atoms with Gasteiger partial charge in [-0.05, 0) is 17.7 Å². The highest BCUT2D eigenvalue weighted by Crippen LogP contribution is 2.36. The fourth-order valence-electron chi connectivity index (χ4n) is 3.25. The van der Waals surface area contributed by atoms with Crippen LogP contribution in [0.4, 0.5) is 0 Å². The van der Waals surface area contributed by atoms with E-state index in [1.54, 1.807) is 55.3 Å². The summed E-state index contributed by atoms with van der Waals surface area (Å²) < 4.78 is 18.0. The molecule has 0 aliphatic carbocycles. The molecule has 1 fully saturated rings. The summed E-state index contributed by atoms with van der Waals surface area (Å²) in [6.07, 6.45) is 2.77. The highest BCUT2D eigenvalue weighted by atomic mass is 16.5. The molecule has 1 aromatic carbocycles. The third-order valence-corrected chi connectivity index (χ3v) is 4.55. The van der Waals surface area contributed by atoms with Crippen LogP contribution in [-0.2, 0) is 11.8 Å². The number of aliphatic hydroxyl groups excluding tert-OH is 1. The Morgan fingerprint density at radius 3 is 2.73 bits per heavy atom. The minimum Gasteiger partial charge on any atom is -0.493 e. The van der Waals surface area contributed by atoms with Crippen molar-refractivity contribution >= 4 is 5.91 Å². The largest absolute Gasteiger partial charge is 0.493 e. The predicted octanol–water partition coefficient (Wildman–Crippen LogP) is 1.01. The van der Waals surface area contributed by atoms with E-state index in [1.165, 1.54) is 0 Å². The van der Waals surface area contributed by atoms with Gasteiger partial charge in [-0.2, -0.15) is 0 Å². The number of hydrogen-bond donors (Lipinski definition) is 1. The maximum atomic E-state index is 13.1. The Morgan fingerprint density at radius 2 is 2.12 bits per heavy atom. The monoisotopic (exact) mass is 361 g/mol. The Hall–Kier alpha value is -2.58. The average Bonchev–Trinajstić information content (AvgIpc) is 3.12. The highest BCUT2D eigenvalue weighted by molar-refractivity contribution is 5.91. The number of aryl methyl sites for hydroxylation is 1. The predicted molar refractivity (Wildman–Crippen MR) is 93.4 cm³/mol. The molecule has 1 N–H and O–H groups in total. The maximum absolute atomic E-state index is 13.1. The van der Waals surface area contributed by atoms with Crippen molar-refractivity contribution in [2.45, 2.75) is 12.1 Å². The lowest BCUT2D eigenvalue weighted by atomic mass is 9.97. The van der Waals surface area contributed by atoms with Gasteiger partial charge in [0.1, 0.15) is 6.10 Å². The molecule has 2 atom stereocenters. The van der Waals surface area contributed by atoms with E-state index in [4.69, 9.17) is 14.2 Å². The first kappa shape index (κ1) is 18.2. The molecule has 0 radical (unpaired) electrons. The zero-order valence-electron chi connectivity index (χ0n) is 15.1. The highest BCUT2D eigenvalue weighted by Gasteiger charge is 2.38. The molecule has 8 nitrogen and oxygen atoms in total. The van der Waals surface area contributed by atoms with Crippen molar-refractivity contribution in [2.24, 2.45) is 7.05 Å². The van der Waals surface area contributed by atoms with Crippen LogP contribution in [-0.4, -0.2) is 65.5 Å². The van der Waals surface area contributed by atoms with Gasteiger partial charge in [0.25, 0.3) is 5.91 Å². The van der Waals surface area contributed by atoms with Crippen LogP contribution in [0, 0.1) is 0 Å². The fourth-order valence-corrected chi connectivity index (χ4v) is 3.25. The number of amides is 1. The van der Waals surface area contributed by atoms with Crippen LogP contribution < -0.4 is 9.47 Å². The Bertz CT molecular complexity index is 776. The first-order valence-electron chi connectivity index (χ1n) is 8.33. The van der Waals surface area contributed by atoms with Gasteiger partial charge in [-0.1, -0.05) is 6.07 Å². The van der Waals surface area contributed by atoms with E-state index in [1.807, 2.05) is 6.07 Å². The normalized spacial score (nSPS) is 20.1. The van der Waals surface area contributed by atoms with E-state index >= 15 is 0 Å². The first-order chi connectivity index (χ1) is 12.6. The Balaban J connectivity index is 2.01. The SMILES string of the molecule is COc1ccc([C@H]2[C@H](CO)OCCN2C(=O)c2nccn2C)cc1OC. The van der Waals surface area contributed by atoms with Crippen molar-refractivity contribution in [1.29, 1.82) is 0 Å². The molecule has 1 saturated heterocycles. The molecule has 8 heteroatoms.